The SMILES string of the molecule is Cc1ccc(Oc2ncc(N)cc2Br)cc1F. The maximum absolute atomic E-state index is 13.3. The summed E-state index contributed by atoms with van der Waals surface area (Å²) in [6, 6.07) is 6.32. The van der Waals surface area contributed by atoms with Crippen LogP contribution >= 0.6 is 15.9 Å². The van der Waals surface area contributed by atoms with Crippen molar-refractivity contribution in [2.75, 3.05) is 5.73 Å². The van der Waals surface area contributed by atoms with E-state index in [0.717, 1.165) is 0 Å². The van der Waals surface area contributed by atoms with Crippen LogP contribution in [0.15, 0.2) is 34.9 Å². The van der Waals surface area contributed by atoms with E-state index in [1.54, 1.807) is 25.1 Å². The van der Waals surface area contributed by atoms with Gasteiger partial charge in [-0.05, 0) is 40.5 Å². The van der Waals surface area contributed by atoms with Gasteiger partial charge in [0, 0.05) is 6.07 Å². The molecule has 2 N–H and O–H groups in total. The zero-order valence-corrected chi connectivity index (χ0v) is 10.7. The molecule has 88 valence electrons. The molecule has 0 fully saturated rings. The number of hydrogen-bond acceptors (Lipinski definition) is 3. The lowest BCUT2D eigenvalue weighted by molar-refractivity contribution is 0.454. The number of anilines is 1. The first kappa shape index (κ1) is 11.9. The molecule has 0 unspecified atom stereocenters. The smallest absolute Gasteiger partial charge is 0.233 e. The second-order valence-corrected chi connectivity index (χ2v) is 4.42. The number of aromatic nitrogens is 1. The Labute approximate surface area is 107 Å². The number of benzene rings is 1. The molecular formula is C12H10BrFN2O. The number of hydrogen-bond donors (Lipinski definition) is 1. The third-order valence-corrected chi connectivity index (χ3v) is 2.75. The predicted octanol–water partition coefficient (Wildman–Crippen LogP) is 3.67. The monoisotopic (exact) mass is 296 g/mol. The van der Waals surface area contributed by atoms with Crippen molar-refractivity contribution in [2.45, 2.75) is 6.92 Å². The summed E-state index contributed by atoms with van der Waals surface area (Å²) in [6.07, 6.45) is 1.48. The third kappa shape index (κ3) is 2.74. The van der Waals surface area contributed by atoms with Crippen LogP contribution in [0, 0.1) is 12.7 Å². The van der Waals surface area contributed by atoms with Gasteiger partial charge < -0.3 is 10.5 Å². The summed E-state index contributed by atoms with van der Waals surface area (Å²) >= 11 is 3.28. The molecule has 5 heteroatoms. The number of halogens is 2. The lowest BCUT2D eigenvalue weighted by Gasteiger charge is -2.07. The fraction of sp³-hybridized carbons (Fsp3) is 0.0833. The summed E-state index contributed by atoms with van der Waals surface area (Å²) in [5.41, 5.74) is 6.65. The molecule has 2 aromatic rings. The molecule has 0 radical (unpaired) electrons. The Morgan fingerprint density at radius 1 is 1.35 bits per heavy atom. The van der Waals surface area contributed by atoms with Gasteiger partial charge in [-0.15, -0.1) is 0 Å². The van der Waals surface area contributed by atoms with E-state index >= 15 is 0 Å². The molecule has 1 aromatic carbocycles. The van der Waals surface area contributed by atoms with Crippen LogP contribution in [0.1, 0.15) is 5.56 Å². The molecule has 1 heterocycles. The third-order valence-electron chi connectivity index (χ3n) is 2.19. The van der Waals surface area contributed by atoms with Gasteiger partial charge in [0.2, 0.25) is 5.88 Å². The van der Waals surface area contributed by atoms with E-state index in [2.05, 4.69) is 20.9 Å². The molecule has 0 saturated heterocycles. The average Bonchev–Trinajstić information content (AvgIpc) is 2.27. The zero-order chi connectivity index (χ0) is 12.4. The topological polar surface area (TPSA) is 48.1 Å². The fourth-order valence-corrected chi connectivity index (χ4v) is 1.71. The van der Waals surface area contributed by atoms with E-state index in [1.165, 1.54) is 12.3 Å². The number of aryl methyl sites for hydroxylation is 1. The Morgan fingerprint density at radius 2 is 2.12 bits per heavy atom. The molecule has 0 aliphatic rings. The predicted molar refractivity (Wildman–Crippen MR) is 67.6 cm³/mol. The summed E-state index contributed by atoms with van der Waals surface area (Å²) in [7, 11) is 0. The van der Waals surface area contributed by atoms with Gasteiger partial charge in [0.05, 0.1) is 16.4 Å². The molecule has 17 heavy (non-hydrogen) atoms. The first-order valence-corrected chi connectivity index (χ1v) is 5.70. The van der Waals surface area contributed by atoms with Crippen LogP contribution in [0.5, 0.6) is 11.6 Å². The van der Waals surface area contributed by atoms with Gasteiger partial charge >= 0.3 is 0 Å². The minimum Gasteiger partial charge on any atom is -0.438 e. The normalized spacial score (nSPS) is 10.3. The average molecular weight is 297 g/mol. The number of pyridine rings is 1. The van der Waals surface area contributed by atoms with Crippen LogP contribution in [0.3, 0.4) is 0 Å². The first-order chi connectivity index (χ1) is 8.06. The van der Waals surface area contributed by atoms with Crippen molar-refractivity contribution in [3.63, 3.8) is 0 Å². The van der Waals surface area contributed by atoms with Crippen molar-refractivity contribution in [2.24, 2.45) is 0 Å². The van der Waals surface area contributed by atoms with Crippen LogP contribution in [-0.4, -0.2) is 4.98 Å². The van der Waals surface area contributed by atoms with Crippen molar-refractivity contribution in [1.29, 1.82) is 0 Å². The molecule has 0 atom stereocenters. The maximum atomic E-state index is 13.3. The fourth-order valence-electron chi connectivity index (χ4n) is 1.26. The minimum atomic E-state index is -0.311. The lowest BCUT2D eigenvalue weighted by Crippen LogP contribution is -1.93. The molecular weight excluding hydrogens is 287 g/mol. The second kappa shape index (κ2) is 4.71. The number of rotatable bonds is 2. The van der Waals surface area contributed by atoms with Gasteiger partial charge in [0.1, 0.15) is 11.6 Å². The lowest BCUT2D eigenvalue weighted by atomic mass is 10.2. The summed E-state index contributed by atoms with van der Waals surface area (Å²) in [6.45, 7) is 1.69. The standard InChI is InChI=1S/C12H10BrFN2O/c1-7-2-3-9(5-11(7)14)17-12-10(13)4-8(15)6-16-12/h2-6H,15H2,1H3. The highest BCUT2D eigenvalue weighted by molar-refractivity contribution is 9.10. The highest BCUT2D eigenvalue weighted by Gasteiger charge is 2.06. The van der Waals surface area contributed by atoms with Gasteiger partial charge in [0.15, 0.2) is 0 Å². The summed E-state index contributed by atoms with van der Waals surface area (Å²) in [4.78, 5) is 4.01. The molecule has 0 amide bonds. The number of nitrogens with zero attached hydrogens (tertiary/aromatic N) is 1. The molecule has 3 nitrogen and oxygen atoms in total. The van der Waals surface area contributed by atoms with E-state index < -0.39 is 0 Å². The van der Waals surface area contributed by atoms with Gasteiger partial charge in [0.25, 0.3) is 0 Å². The van der Waals surface area contributed by atoms with E-state index in [1.807, 2.05) is 0 Å². The Morgan fingerprint density at radius 3 is 2.76 bits per heavy atom. The highest BCUT2D eigenvalue weighted by Crippen LogP contribution is 2.29. The molecule has 0 spiro atoms. The Kier molecular flexibility index (Phi) is 3.28. The van der Waals surface area contributed by atoms with E-state index in [-0.39, 0.29) is 5.82 Å². The van der Waals surface area contributed by atoms with E-state index in [4.69, 9.17) is 10.5 Å². The van der Waals surface area contributed by atoms with E-state index in [0.29, 0.717) is 27.4 Å². The maximum Gasteiger partial charge on any atom is 0.233 e. The van der Waals surface area contributed by atoms with Crippen molar-refractivity contribution in [3.05, 3.63) is 46.3 Å². The van der Waals surface area contributed by atoms with Crippen LogP contribution in [0.25, 0.3) is 0 Å². The largest absolute Gasteiger partial charge is 0.438 e. The Hall–Kier alpha value is -1.62. The van der Waals surface area contributed by atoms with Crippen LogP contribution in [0.4, 0.5) is 10.1 Å². The zero-order valence-electron chi connectivity index (χ0n) is 9.08. The molecule has 0 bridgehead atoms. The van der Waals surface area contributed by atoms with Crippen molar-refractivity contribution in [3.8, 4) is 11.6 Å². The van der Waals surface area contributed by atoms with Gasteiger partial charge in [-0.1, -0.05) is 6.07 Å². The van der Waals surface area contributed by atoms with Gasteiger partial charge in [-0.2, -0.15) is 0 Å². The van der Waals surface area contributed by atoms with Crippen molar-refractivity contribution < 1.29 is 9.13 Å². The second-order valence-electron chi connectivity index (χ2n) is 3.57. The summed E-state index contributed by atoms with van der Waals surface area (Å²) < 4.78 is 19.4. The number of nitrogen functional groups attached to an aromatic ring is 1. The summed E-state index contributed by atoms with van der Waals surface area (Å²) in [5.74, 6) is 0.433. The van der Waals surface area contributed by atoms with Crippen molar-refractivity contribution >= 4 is 21.6 Å². The highest BCUT2D eigenvalue weighted by atomic mass is 79.9. The molecule has 2 rings (SSSR count). The quantitative estimate of drug-likeness (QED) is 0.920. The number of ether oxygens (including phenoxy) is 1. The molecule has 0 aliphatic heterocycles. The van der Waals surface area contributed by atoms with Crippen LogP contribution in [-0.2, 0) is 0 Å². The van der Waals surface area contributed by atoms with Crippen molar-refractivity contribution in [1.82, 2.24) is 4.98 Å². The summed E-state index contributed by atoms with van der Waals surface area (Å²) in [5, 5.41) is 0. The Balaban J connectivity index is 2.28. The minimum absolute atomic E-state index is 0.311. The van der Waals surface area contributed by atoms with Gasteiger partial charge in [-0.3, -0.25) is 0 Å². The van der Waals surface area contributed by atoms with Crippen LogP contribution < -0.4 is 10.5 Å². The first-order valence-electron chi connectivity index (χ1n) is 4.91. The molecule has 0 aliphatic carbocycles. The molecule has 0 saturated carbocycles. The van der Waals surface area contributed by atoms with E-state index in [9.17, 15) is 4.39 Å². The number of nitrogens with two attached hydrogens (primary N) is 1. The Bertz CT molecular complexity index is 560. The molecule has 1 aromatic heterocycles. The van der Waals surface area contributed by atoms with Gasteiger partial charge in [-0.25, -0.2) is 9.37 Å². The van der Waals surface area contributed by atoms with Crippen LogP contribution in [0.2, 0.25) is 0 Å².